The van der Waals surface area contributed by atoms with E-state index in [0.29, 0.717) is 59.9 Å². The first-order valence-electron chi connectivity index (χ1n) is 21.0. The number of rotatable bonds is 20. The molecule has 1 saturated carbocycles. The Hall–Kier alpha value is -6.17. The third-order valence-electron chi connectivity index (χ3n) is 12.0. The Morgan fingerprint density at radius 3 is 2.40 bits per heavy atom. The molecule has 0 spiro atoms. The lowest BCUT2D eigenvalue weighted by atomic mass is 9.55. The second-order valence-corrected chi connectivity index (χ2v) is 15.6. The summed E-state index contributed by atoms with van der Waals surface area (Å²) in [7, 11) is 5.92. The van der Waals surface area contributed by atoms with Crippen molar-refractivity contribution in [3.05, 3.63) is 106 Å². The fraction of sp³-hybridized carbons (Fsp3) is 0.457. The predicted octanol–water partition coefficient (Wildman–Crippen LogP) is 7.75. The summed E-state index contributed by atoms with van der Waals surface area (Å²) in [5.74, 6) is -1.06. The molecule has 6 rings (SSSR count). The molecule has 1 heterocycles. The van der Waals surface area contributed by atoms with E-state index in [-0.39, 0.29) is 56.1 Å². The van der Waals surface area contributed by atoms with E-state index in [9.17, 15) is 29.9 Å². The quantitative estimate of drug-likeness (QED) is 0.0430. The van der Waals surface area contributed by atoms with Gasteiger partial charge in [0.1, 0.15) is 35.6 Å². The van der Waals surface area contributed by atoms with Crippen LogP contribution in [0.15, 0.2) is 90.1 Å². The zero-order chi connectivity index (χ0) is 45.1. The lowest BCUT2D eigenvalue weighted by Crippen LogP contribution is -2.69. The molecular weight excluding hydrogens is 817 g/mol. The van der Waals surface area contributed by atoms with Crippen molar-refractivity contribution in [2.45, 2.75) is 69.3 Å². The molecule has 0 saturated heterocycles. The predicted molar refractivity (Wildman–Crippen MR) is 232 cm³/mol. The first-order chi connectivity index (χ1) is 30.5. The average molecular weight is 873 g/mol. The van der Waals surface area contributed by atoms with Crippen LogP contribution in [0.4, 0.5) is 21.0 Å². The third-order valence-corrected chi connectivity index (χ3v) is 12.0. The number of allylic oxidation sites excluding steroid dienone is 1. The van der Waals surface area contributed by atoms with Crippen LogP contribution < -0.4 is 24.3 Å². The van der Waals surface area contributed by atoms with Crippen LogP contribution >= 0.6 is 0 Å². The number of aliphatic hydroxyl groups is 2. The van der Waals surface area contributed by atoms with Crippen LogP contribution in [0, 0.1) is 27.9 Å². The number of unbranched alkanes of at least 4 members (excludes halogenated alkanes) is 2. The lowest BCUT2D eigenvalue weighted by molar-refractivity contribution is -0.384. The molecule has 1 fully saturated rings. The summed E-state index contributed by atoms with van der Waals surface area (Å²) in [5.41, 5.74) is 3.05. The molecule has 17 nitrogen and oxygen atoms in total. The summed E-state index contributed by atoms with van der Waals surface area (Å²) in [6.45, 7) is 4.05. The maximum Gasteiger partial charge on any atom is 0.417 e. The van der Waals surface area contributed by atoms with Crippen LogP contribution in [0.3, 0.4) is 0 Å². The Morgan fingerprint density at radius 2 is 1.73 bits per heavy atom. The number of nitro groups is 1. The second-order valence-electron chi connectivity index (χ2n) is 15.6. The van der Waals surface area contributed by atoms with Crippen molar-refractivity contribution in [2.24, 2.45) is 22.9 Å². The molecule has 17 heteroatoms. The van der Waals surface area contributed by atoms with Crippen molar-refractivity contribution < 1.29 is 58.0 Å². The fourth-order valence-corrected chi connectivity index (χ4v) is 9.11. The molecule has 3 aromatic carbocycles. The number of methoxy groups -OCH3 is 3. The highest BCUT2D eigenvalue weighted by atomic mass is 16.7. The van der Waals surface area contributed by atoms with E-state index in [1.54, 1.807) is 61.7 Å². The molecule has 0 radical (unpaired) electrons. The van der Waals surface area contributed by atoms with Gasteiger partial charge >= 0.3 is 12.2 Å². The molecule has 6 atom stereocenters. The van der Waals surface area contributed by atoms with Crippen molar-refractivity contribution in [1.29, 1.82) is 0 Å². The average Bonchev–Trinajstić information content (AvgIpc) is 3.29. The smallest absolute Gasteiger partial charge is 0.417 e. The molecule has 63 heavy (non-hydrogen) atoms. The summed E-state index contributed by atoms with van der Waals surface area (Å²) >= 11 is 0. The lowest BCUT2D eigenvalue weighted by Gasteiger charge is -2.59. The standard InChI is InChI=1S/C46H56N4O13/c1-6-23-60-46-41(49(2)45(54)59-5)27-38(48-61-28-29-13-15-31(16-14-29)50(55)56)35-24-30(11-7-9-21-51)34(12-8-10-22-52)42(43(35)46)36-25-33(18-20-39(36)63-46)62-44(53)47-37-19-17-32(57-3)26-40(37)58-4/h6,13-20,24-26,30,34,41-43,51-52H,1,7-12,21-23,27-28H2,2-5H3,(H,47,53). The third kappa shape index (κ3) is 10.2. The summed E-state index contributed by atoms with van der Waals surface area (Å²) in [4.78, 5) is 45.2. The molecule has 6 unspecified atom stereocenters. The van der Waals surface area contributed by atoms with Gasteiger partial charge in [-0.2, -0.15) is 0 Å². The van der Waals surface area contributed by atoms with Gasteiger partial charge in [-0.05, 0) is 91.1 Å². The Labute approximate surface area is 366 Å². The Bertz CT molecular complexity index is 2160. The number of ether oxygens (including phenoxy) is 6. The maximum absolute atomic E-state index is 13.5. The maximum atomic E-state index is 13.5. The molecule has 2 amide bonds. The molecule has 0 aromatic heterocycles. The van der Waals surface area contributed by atoms with Gasteiger partial charge in [-0.1, -0.05) is 30.1 Å². The number of hydrogen-bond donors (Lipinski definition) is 3. The molecule has 3 aromatic rings. The molecule has 0 bridgehead atoms. The summed E-state index contributed by atoms with van der Waals surface area (Å²) < 4.78 is 35.9. The van der Waals surface area contributed by atoms with Gasteiger partial charge < -0.3 is 48.4 Å². The minimum absolute atomic E-state index is 0.00664. The monoisotopic (exact) mass is 872 g/mol. The molecular formula is C46H56N4O13. The number of oxime groups is 1. The van der Waals surface area contributed by atoms with E-state index in [0.717, 1.165) is 24.0 Å². The highest BCUT2D eigenvalue weighted by Crippen LogP contribution is 2.62. The number of nitrogens with zero attached hydrogens (tertiary/aromatic N) is 3. The van der Waals surface area contributed by atoms with E-state index in [4.69, 9.17) is 38.4 Å². The SMILES string of the molecule is C=CCOC12Oc3ccc(OC(=O)Nc4ccc(OC)cc4OC)cc3C3C(CCCCO)C(CCCCO)C=C(C(=NOCc4ccc([N+](=O)[O-])cc4)CC1N(C)C(=O)OC)C32. The number of benzene rings is 3. The van der Waals surface area contributed by atoms with E-state index in [2.05, 4.69) is 18.0 Å². The fourth-order valence-electron chi connectivity index (χ4n) is 9.11. The van der Waals surface area contributed by atoms with Crippen molar-refractivity contribution in [3.8, 4) is 23.0 Å². The Morgan fingerprint density at radius 1 is 1.00 bits per heavy atom. The number of carbonyl (C=O) groups excluding carboxylic acids is 2. The largest absolute Gasteiger partial charge is 0.497 e. The first kappa shape index (κ1) is 46.3. The summed E-state index contributed by atoms with van der Waals surface area (Å²) in [6, 6.07) is 15.3. The van der Waals surface area contributed by atoms with Gasteiger partial charge in [-0.3, -0.25) is 15.4 Å². The number of carbonyl (C=O) groups is 2. The van der Waals surface area contributed by atoms with Crippen molar-refractivity contribution in [1.82, 2.24) is 4.90 Å². The van der Waals surface area contributed by atoms with Gasteiger partial charge in [-0.25, -0.2) is 9.59 Å². The van der Waals surface area contributed by atoms with Crippen molar-refractivity contribution in [3.63, 3.8) is 0 Å². The Balaban J connectivity index is 1.49. The number of amides is 2. The number of nitro benzene ring substituents is 1. The topological polar surface area (TPSA) is 210 Å². The molecule has 3 aliphatic rings. The number of anilines is 1. The van der Waals surface area contributed by atoms with Gasteiger partial charge in [0.15, 0.2) is 0 Å². The van der Waals surface area contributed by atoms with Gasteiger partial charge in [0.2, 0.25) is 5.79 Å². The summed E-state index contributed by atoms with van der Waals surface area (Å²) in [5, 5.41) is 38.5. The van der Waals surface area contributed by atoms with Crippen LogP contribution in [0.25, 0.3) is 0 Å². The van der Waals surface area contributed by atoms with Gasteiger partial charge in [-0.15, -0.1) is 6.58 Å². The zero-order valence-electron chi connectivity index (χ0n) is 36.0. The van der Waals surface area contributed by atoms with E-state index < -0.39 is 40.8 Å². The summed E-state index contributed by atoms with van der Waals surface area (Å²) in [6.07, 6.45) is 6.56. The van der Waals surface area contributed by atoms with Crippen LogP contribution in [0.1, 0.15) is 62.0 Å². The second kappa shape index (κ2) is 21.3. The molecule has 3 N–H and O–H groups in total. The van der Waals surface area contributed by atoms with E-state index in [1.165, 1.54) is 38.4 Å². The van der Waals surface area contributed by atoms with Gasteiger partial charge in [0.25, 0.3) is 5.69 Å². The number of fused-ring (bicyclic) bond motifs is 2. The zero-order valence-corrected chi connectivity index (χ0v) is 36.0. The number of nitrogens with one attached hydrogen (secondary N) is 1. The van der Waals surface area contributed by atoms with Crippen LogP contribution in [0.2, 0.25) is 0 Å². The number of non-ortho nitro benzene ring substituents is 1. The van der Waals surface area contributed by atoms with Gasteiger partial charge in [0, 0.05) is 56.4 Å². The number of likely N-dealkylation sites (N-methyl/N-ethyl adjacent to an activating group) is 1. The van der Waals surface area contributed by atoms with Crippen molar-refractivity contribution >= 4 is 29.3 Å². The minimum atomic E-state index is -1.52. The molecule has 1 aliphatic heterocycles. The van der Waals surface area contributed by atoms with Crippen LogP contribution in [-0.2, 0) is 20.9 Å². The Kier molecular flexibility index (Phi) is 15.6. The highest BCUT2D eigenvalue weighted by Gasteiger charge is 2.65. The van der Waals surface area contributed by atoms with E-state index in [1.807, 2.05) is 0 Å². The molecule has 338 valence electrons. The van der Waals surface area contributed by atoms with Crippen LogP contribution in [-0.4, -0.2) is 98.0 Å². The first-order valence-corrected chi connectivity index (χ1v) is 21.0. The minimum Gasteiger partial charge on any atom is -0.497 e. The normalized spacial score (nSPS) is 22.6. The number of hydrogen-bond acceptors (Lipinski definition) is 14. The van der Waals surface area contributed by atoms with Crippen LogP contribution in [0.5, 0.6) is 23.0 Å². The van der Waals surface area contributed by atoms with Gasteiger partial charge in [0.05, 0.1) is 50.2 Å². The highest BCUT2D eigenvalue weighted by molar-refractivity contribution is 6.03. The molecule has 2 aliphatic carbocycles. The van der Waals surface area contributed by atoms with E-state index >= 15 is 0 Å². The number of aliphatic hydroxyl groups excluding tert-OH is 2. The van der Waals surface area contributed by atoms with Crippen molar-refractivity contribution in [2.75, 3.05) is 53.5 Å².